The molecule has 0 heterocycles. The van der Waals surface area contributed by atoms with Crippen LogP contribution in [-0.2, 0) is 0 Å². The lowest BCUT2D eigenvalue weighted by Gasteiger charge is -2.08. The number of carbonyl (C=O) groups excluding carboxylic acids is 1. The molecule has 0 saturated heterocycles. The number of benzene rings is 3. The molecule has 0 fully saturated rings. The Morgan fingerprint density at radius 1 is 0.630 bits per heavy atom. The van der Waals surface area contributed by atoms with Crippen LogP contribution < -0.4 is 0 Å². The molecule has 0 bridgehead atoms. The summed E-state index contributed by atoms with van der Waals surface area (Å²) in [7, 11) is 0. The molecule has 0 aromatic heterocycles. The van der Waals surface area contributed by atoms with Crippen molar-refractivity contribution in [2.24, 2.45) is 0 Å². The molecule has 5 heteroatoms. The van der Waals surface area contributed by atoms with Gasteiger partial charge in [-0.1, -0.05) is 60.7 Å². The summed E-state index contributed by atoms with van der Waals surface area (Å²) in [5.41, 5.74) is 1.80. The molecule has 136 valence electrons. The molecule has 0 amide bonds. The summed E-state index contributed by atoms with van der Waals surface area (Å²) in [4.78, 5) is 33.7. The van der Waals surface area contributed by atoms with Crippen molar-refractivity contribution in [1.82, 2.24) is 0 Å². The third-order valence-corrected chi connectivity index (χ3v) is 3.79. The predicted molar refractivity (Wildman–Crippen MR) is 101 cm³/mol. The minimum absolute atomic E-state index is 0.0452. The van der Waals surface area contributed by atoms with E-state index in [-0.39, 0.29) is 16.9 Å². The van der Waals surface area contributed by atoms with Crippen LogP contribution in [0.5, 0.6) is 0 Å². The lowest BCUT2D eigenvalue weighted by molar-refractivity contribution is 0.0684. The molecule has 0 spiro atoms. The molecule has 27 heavy (non-hydrogen) atoms. The SMILES string of the molecule is Cc1cccc(C(=O)O)c1C(=O)c1ccccc1.O=C(O)c1ccccc1. The van der Waals surface area contributed by atoms with E-state index in [1.54, 1.807) is 73.7 Å². The van der Waals surface area contributed by atoms with Gasteiger partial charge in [0.05, 0.1) is 11.1 Å². The third kappa shape index (κ3) is 5.12. The zero-order chi connectivity index (χ0) is 19.8. The van der Waals surface area contributed by atoms with Crippen molar-refractivity contribution in [3.8, 4) is 0 Å². The zero-order valence-electron chi connectivity index (χ0n) is 14.6. The molecule has 0 aliphatic carbocycles. The fourth-order valence-electron chi connectivity index (χ4n) is 2.46. The molecular formula is C22H18O5. The molecule has 0 atom stereocenters. The van der Waals surface area contributed by atoms with Crippen LogP contribution in [0, 0.1) is 6.92 Å². The maximum atomic E-state index is 12.3. The second kappa shape index (κ2) is 9.10. The van der Waals surface area contributed by atoms with E-state index in [4.69, 9.17) is 10.2 Å². The van der Waals surface area contributed by atoms with Crippen molar-refractivity contribution < 1.29 is 24.6 Å². The van der Waals surface area contributed by atoms with Crippen molar-refractivity contribution in [2.75, 3.05) is 0 Å². The summed E-state index contributed by atoms with van der Waals surface area (Å²) in [5.74, 6) is -2.22. The molecule has 0 radical (unpaired) electrons. The lowest BCUT2D eigenvalue weighted by Crippen LogP contribution is -2.11. The Balaban J connectivity index is 0.000000244. The van der Waals surface area contributed by atoms with Gasteiger partial charge in [-0.3, -0.25) is 4.79 Å². The smallest absolute Gasteiger partial charge is 0.336 e. The largest absolute Gasteiger partial charge is 0.478 e. The molecule has 0 saturated carbocycles. The van der Waals surface area contributed by atoms with Gasteiger partial charge in [0, 0.05) is 11.1 Å². The Morgan fingerprint density at radius 3 is 1.59 bits per heavy atom. The summed E-state index contributed by atoms with van der Waals surface area (Å²) in [6.07, 6.45) is 0. The van der Waals surface area contributed by atoms with Crippen LogP contribution in [0.25, 0.3) is 0 Å². The number of rotatable bonds is 4. The number of hydrogen-bond donors (Lipinski definition) is 2. The molecule has 0 aliphatic heterocycles. The van der Waals surface area contributed by atoms with Gasteiger partial charge in [0.2, 0.25) is 0 Å². The summed E-state index contributed by atoms with van der Waals surface area (Å²) in [6.45, 7) is 1.74. The van der Waals surface area contributed by atoms with E-state index in [1.165, 1.54) is 6.07 Å². The summed E-state index contributed by atoms with van der Waals surface area (Å²) in [6, 6.07) is 21.8. The maximum Gasteiger partial charge on any atom is 0.336 e. The second-order valence-corrected chi connectivity index (χ2v) is 5.67. The van der Waals surface area contributed by atoms with Crippen LogP contribution in [0.15, 0.2) is 78.9 Å². The van der Waals surface area contributed by atoms with Gasteiger partial charge in [-0.05, 0) is 30.7 Å². The third-order valence-electron chi connectivity index (χ3n) is 3.79. The minimum atomic E-state index is -1.09. The van der Waals surface area contributed by atoms with Crippen molar-refractivity contribution in [3.63, 3.8) is 0 Å². The first-order valence-corrected chi connectivity index (χ1v) is 8.12. The lowest BCUT2D eigenvalue weighted by atomic mass is 9.94. The van der Waals surface area contributed by atoms with Gasteiger partial charge in [-0.2, -0.15) is 0 Å². The van der Waals surface area contributed by atoms with Crippen LogP contribution in [0.3, 0.4) is 0 Å². The average molecular weight is 362 g/mol. The minimum Gasteiger partial charge on any atom is -0.478 e. The Labute approximate surface area is 156 Å². The first-order chi connectivity index (χ1) is 12.9. The number of carboxylic acids is 2. The van der Waals surface area contributed by atoms with E-state index in [1.807, 2.05) is 6.07 Å². The number of carboxylic acid groups (broad SMARTS) is 2. The van der Waals surface area contributed by atoms with Gasteiger partial charge in [-0.25, -0.2) is 9.59 Å². The first kappa shape index (κ1) is 19.6. The Kier molecular flexibility index (Phi) is 6.61. The van der Waals surface area contributed by atoms with E-state index in [2.05, 4.69) is 0 Å². The highest BCUT2D eigenvalue weighted by molar-refractivity contribution is 6.15. The highest BCUT2D eigenvalue weighted by atomic mass is 16.4. The number of carbonyl (C=O) groups is 3. The van der Waals surface area contributed by atoms with Crippen molar-refractivity contribution in [2.45, 2.75) is 6.92 Å². The first-order valence-electron chi connectivity index (χ1n) is 8.12. The van der Waals surface area contributed by atoms with Gasteiger partial charge >= 0.3 is 11.9 Å². The highest BCUT2D eigenvalue weighted by Gasteiger charge is 2.19. The Bertz CT molecular complexity index is 947. The van der Waals surface area contributed by atoms with Crippen LogP contribution in [0.1, 0.15) is 42.2 Å². The molecule has 0 aliphatic rings. The Hall–Kier alpha value is -3.73. The van der Waals surface area contributed by atoms with E-state index >= 15 is 0 Å². The molecule has 2 N–H and O–H groups in total. The van der Waals surface area contributed by atoms with Crippen LogP contribution in [-0.4, -0.2) is 27.9 Å². The standard InChI is InChI=1S/C15H12O3.C7H6O2/c1-10-6-5-9-12(15(17)18)13(10)14(16)11-7-3-2-4-8-11;8-7(9)6-4-2-1-3-5-6/h2-9H,1H3,(H,17,18);1-5H,(H,8,9). The van der Waals surface area contributed by atoms with E-state index in [9.17, 15) is 14.4 Å². The van der Waals surface area contributed by atoms with Crippen LogP contribution in [0.2, 0.25) is 0 Å². The number of aromatic carboxylic acids is 2. The van der Waals surface area contributed by atoms with Gasteiger partial charge in [0.15, 0.2) is 5.78 Å². The topological polar surface area (TPSA) is 91.7 Å². The monoisotopic (exact) mass is 362 g/mol. The zero-order valence-corrected chi connectivity index (χ0v) is 14.6. The van der Waals surface area contributed by atoms with Gasteiger partial charge < -0.3 is 10.2 Å². The number of hydrogen-bond acceptors (Lipinski definition) is 3. The second-order valence-electron chi connectivity index (χ2n) is 5.67. The molecule has 3 aromatic rings. The van der Waals surface area contributed by atoms with Crippen LogP contribution in [0.4, 0.5) is 0 Å². The quantitative estimate of drug-likeness (QED) is 0.675. The molecule has 3 aromatic carbocycles. The molecule has 5 nitrogen and oxygen atoms in total. The molecule has 3 rings (SSSR count). The van der Waals surface area contributed by atoms with Gasteiger partial charge in [0.25, 0.3) is 0 Å². The fourth-order valence-corrected chi connectivity index (χ4v) is 2.46. The van der Waals surface area contributed by atoms with Gasteiger partial charge in [-0.15, -0.1) is 0 Å². The van der Waals surface area contributed by atoms with Crippen molar-refractivity contribution in [1.29, 1.82) is 0 Å². The molecular weight excluding hydrogens is 344 g/mol. The van der Waals surface area contributed by atoms with Gasteiger partial charge in [0.1, 0.15) is 0 Å². The highest BCUT2D eigenvalue weighted by Crippen LogP contribution is 2.18. The normalized spacial score (nSPS) is 9.67. The average Bonchev–Trinajstić information content (AvgIpc) is 2.69. The van der Waals surface area contributed by atoms with E-state index in [0.717, 1.165) is 0 Å². The summed E-state index contributed by atoms with van der Waals surface area (Å²) >= 11 is 0. The number of ketones is 1. The summed E-state index contributed by atoms with van der Waals surface area (Å²) < 4.78 is 0. The Morgan fingerprint density at radius 2 is 1.15 bits per heavy atom. The van der Waals surface area contributed by atoms with E-state index in [0.29, 0.717) is 16.7 Å². The number of aryl methyl sites for hydroxylation is 1. The van der Waals surface area contributed by atoms with E-state index < -0.39 is 11.9 Å². The molecule has 0 unspecified atom stereocenters. The van der Waals surface area contributed by atoms with Crippen LogP contribution >= 0.6 is 0 Å². The van der Waals surface area contributed by atoms with Crippen molar-refractivity contribution in [3.05, 3.63) is 107 Å². The maximum absolute atomic E-state index is 12.3. The summed E-state index contributed by atoms with van der Waals surface area (Å²) in [5, 5.41) is 17.5. The fraction of sp³-hybridized carbons (Fsp3) is 0.0455. The van der Waals surface area contributed by atoms with Crippen molar-refractivity contribution >= 4 is 17.7 Å². The predicted octanol–water partition coefficient (Wildman–Crippen LogP) is 4.31.